The van der Waals surface area contributed by atoms with Crippen LogP contribution in [0.5, 0.6) is 0 Å². The van der Waals surface area contributed by atoms with Gasteiger partial charge in [0.2, 0.25) is 0 Å². The lowest BCUT2D eigenvalue weighted by atomic mass is 10.0. The Balaban J connectivity index is 1.65. The molecule has 3 nitrogen and oxygen atoms in total. The Hall–Kier alpha value is -0.830. The lowest BCUT2D eigenvalue weighted by Crippen LogP contribution is -2.19. The number of aromatic nitrogens is 2. The maximum atomic E-state index is 4.34. The Bertz CT molecular complexity index is 313. The molecule has 0 atom stereocenters. The Labute approximate surface area is 105 Å². The summed E-state index contributed by atoms with van der Waals surface area (Å²) in [6.07, 6.45) is 10.2. The summed E-state index contributed by atoms with van der Waals surface area (Å²) in [6, 6.07) is 2.12. The molecule has 96 valence electrons. The van der Waals surface area contributed by atoms with Gasteiger partial charge in [0.15, 0.2) is 0 Å². The van der Waals surface area contributed by atoms with Crippen LogP contribution in [-0.2, 0) is 13.1 Å². The SMILES string of the molecule is CCCn1nccc1CNCCC1CCCC1. The molecule has 0 unspecified atom stereocenters. The zero-order chi connectivity index (χ0) is 11.9. The highest BCUT2D eigenvalue weighted by atomic mass is 15.3. The van der Waals surface area contributed by atoms with Crippen LogP contribution in [0.2, 0.25) is 0 Å². The number of hydrogen-bond acceptors (Lipinski definition) is 2. The van der Waals surface area contributed by atoms with E-state index in [-0.39, 0.29) is 0 Å². The molecule has 1 fully saturated rings. The van der Waals surface area contributed by atoms with E-state index in [1.807, 2.05) is 6.20 Å². The topological polar surface area (TPSA) is 29.9 Å². The minimum absolute atomic E-state index is 0.965. The molecule has 1 aliphatic carbocycles. The van der Waals surface area contributed by atoms with Gasteiger partial charge in [0, 0.05) is 19.3 Å². The number of hydrogen-bond donors (Lipinski definition) is 1. The maximum Gasteiger partial charge on any atom is 0.0522 e. The highest BCUT2D eigenvalue weighted by Gasteiger charge is 2.13. The van der Waals surface area contributed by atoms with E-state index >= 15 is 0 Å². The second-order valence-electron chi connectivity index (χ2n) is 5.16. The molecule has 0 bridgehead atoms. The Morgan fingerprint density at radius 2 is 2.24 bits per heavy atom. The Kier molecular flexibility index (Phi) is 5.05. The van der Waals surface area contributed by atoms with Crippen LogP contribution in [-0.4, -0.2) is 16.3 Å². The van der Waals surface area contributed by atoms with Gasteiger partial charge in [0.1, 0.15) is 0 Å². The second-order valence-corrected chi connectivity index (χ2v) is 5.16. The molecule has 0 amide bonds. The molecule has 0 spiro atoms. The first-order valence-corrected chi connectivity index (χ1v) is 7.11. The van der Waals surface area contributed by atoms with Gasteiger partial charge in [0.25, 0.3) is 0 Å². The molecule has 1 aromatic rings. The molecular formula is C14H25N3. The third kappa shape index (κ3) is 3.84. The fraction of sp³-hybridized carbons (Fsp3) is 0.786. The van der Waals surface area contributed by atoms with Gasteiger partial charge in [-0.25, -0.2) is 0 Å². The predicted molar refractivity (Wildman–Crippen MR) is 70.8 cm³/mol. The van der Waals surface area contributed by atoms with E-state index in [0.717, 1.165) is 32.0 Å². The molecule has 1 saturated carbocycles. The highest BCUT2D eigenvalue weighted by Crippen LogP contribution is 2.26. The van der Waals surface area contributed by atoms with Gasteiger partial charge >= 0.3 is 0 Å². The third-order valence-electron chi connectivity index (χ3n) is 3.75. The van der Waals surface area contributed by atoms with Gasteiger partial charge in [-0.2, -0.15) is 5.10 Å². The van der Waals surface area contributed by atoms with Crippen molar-refractivity contribution in [2.24, 2.45) is 5.92 Å². The average Bonchev–Trinajstić information content (AvgIpc) is 2.96. The van der Waals surface area contributed by atoms with Crippen LogP contribution in [0.4, 0.5) is 0 Å². The van der Waals surface area contributed by atoms with Gasteiger partial charge in [-0.05, 0) is 31.4 Å². The van der Waals surface area contributed by atoms with Crippen LogP contribution in [0.3, 0.4) is 0 Å². The van der Waals surface area contributed by atoms with Crippen molar-refractivity contribution in [3.05, 3.63) is 18.0 Å². The standard InChI is InChI=1S/C14H25N3/c1-2-11-17-14(8-10-16-17)12-15-9-7-13-5-3-4-6-13/h8,10,13,15H,2-7,9,11-12H2,1H3. The third-order valence-corrected chi connectivity index (χ3v) is 3.75. The van der Waals surface area contributed by atoms with E-state index in [1.165, 1.54) is 37.8 Å². The van der Waals surface area contributed by atoms with E-state index in [1.54, 1.807) is 0 Å². The van der Waals surface area contributed by atoms with Gasteiger partial charge < -0.3 is 5.32 Å². The summed E-state index contributed by atoms with van der Waals surface area (Å²) >= 11 is 0. The number of nitrogens with zero attached hydrogens (tertiary/aromatic N) is 2. The zero-order valence-electron chi connectivity index (χ0n) is 11.0. The molecule has 1 aliphatic rings. The molecule has 1 heterocycles. The van der Waals surface area contributed by atoms with E-state index in [2.05, 4.69) is 28.1 Å². The summed E-state index contributed by atoms with van der Waals surface area (Å²) in [5.74, 6) is 0.989. The van der Waals surface area contributed by atoms with E-state index in [4.69, 9.17) is 0 Å². The van der Waals surface area contributed by atoms with Crippen LogP contribution in [0, 0.1) is 5.92 Å². The summed E-state index contributed by atoms with van der Waals surface area (Å²) < 4.78 is 2.11. The fourth-order valence-electron chi connectivity index (χ4n) is 2.75. The van der Waals surface area contributed by atoms with Crippen LogP contribution >= 0.6 is 0 Å². The van der Waals surface area contributed by atoms with Crippen molar-refractivity contribution >= 4 is 0 Å². The van der Waals surface area contributed by atoms with Gasteiger partial charge in [-0.3, -0.25) is 4.68 Å². The summed E-state index contributed by atoms with van der Waals surface area (Å²) in [6.45, 7) is 5.35. The lowest BCUT2D eigenvalue weighted by molar-refractivity contribution is 0.469. The predicted octanol–water partition coefficient (Wildman–Crippen LogP) is 2.96. The van der Waals surface area contributed by atoms with E-state index < -0.39 is 0 Å². The van der Waals surface area contributed by atoms with Crippen LogP contribution < -0.4 is 5.32 Å². The van der Waals surface area contributed by atoms with Crippen molar-refractivity contribution in [3.8, 4) is 0 Å². The van der Waals surface area contributed by atoms with Crippen LogP contribution in [0.1, 0.15) is 51.1 Å². The lowest BCUT2D eigenvalue weighted by Gasteiger charge is -2.10. The minimum Gasteiger partial charge on any atom is -0.311 e. The summed E-state index contributed by atoms with van der Waals surface area (Å²) in [4.78, 5) is 0. The van der Waals surface area contributed by atoms with Gasteiger partial charge in [-0.15, -0.1) is 0 Å². The molecule has 17 heavy (non-hydrogen) atoms. The monoisotopic (exact) mass is 235 g/mol. The molecule has 0 radical (unpaired) electrons. The Morgan fingerprint density at radius 1 is 1.41 bits per heavy atom. The van der Waals surface area contributed by atoms with Crippen molar-refractivity contribution in [1.29, 1.82) is 0 Å². The average molecular weight is 235 g/mol. The quantitative estimate of drug-likeness (QED) is 0.736. The first-order valence-electron chi connectivity index (χ1n) is 7.11. The zero-order valence-corrected chi connectivity index (χ0v) is 11.0. The molecule has 1 aromatic heterocycles. The molecule has 3 heteroatoms. The molecule has 1 N–H and O–H groups in total. The number of rotatable bonds is 7. The fourth-order valence-corrected chi connectivity index (χ4v) is 2.75. The molecule has 0 aliphatic heterocycles. The largest absolute Gasteiger partial charge is 0.311 e. The second kappa shape index (κ2) is 6.80. The molecule has 0 aromatic carbocycles. The maximum absolute atomic E-state index is 4.34. The number of aryl methyl sites for hydroxylation is 1. The smallest absolute Gasteiger partial charge is 0.0522 e. The van der Waals surface area contributed by atoms with Crippen molar-refractivity contribution in [1.82, 2.24) is 15.1 Å². The van der Waals surface area contributed by atoms with Crippen LogP contribution in [0.25, 0.3) is 0 Å². The van der Waals surface area contributed by atoms with E-state index in [9.17, 15) is 0 Å². The summed E-state index contributed by atoms with van der Waals surface area (Å²) in [5.41, 5.74) is 1.32. The van der Waals surface area contributed by atoms with Crippen molar-refractivity contribution < 1.29 is 0 Å². The molecule has 0 saturated heterocycles. The number of nitrogens with one attached hydrogen (secondary N) is 1. The van der Waals surface area contributed by atoms with E-state index in [0.29, 0.717) is 0 Å². The van der Waals surface area contributed by atoms with Crippen molar-refractivity contribution in [2.75, 3.05) is 6.54 Å². The first kappa shape index (κ1) is 12.6. The minimum atomic E-state index is 0.965. The molecule has 2 rings (SSSR count). The molecular weight excluding hydrogens is 210 g/mol. The highest BCUT2D eigenvalue weighted by molar-refractivity contribution is 4.99. The van der Waals surface area contributed by atoms with Crippen molar-refractivity contribution in [2.45, 2.75) is 58.5 Å². The summed E-state index contributed by atoms with van der Waals surface area (Å²) in [5, 5.41) is 7.89. The first-order chi connectivity index (χ1) is 8.40. The van der Waals surface area contributed by atoms with Crippen molar-refractivity contribution in [3.63, 3.8) is 0 Å². The van der Waals surface area contributed by atoms with Crippen LogP contribution in [0.15, 0.2) is 12.3 Å². The Morgan fingerprint density at radius 3 is 3.00 bits per heavy atom. The summed E-state index contributed by atoms with van der Waals surface area (Å²) in [7, 11) is 0. The normalized spacial score (nSPS) is 16.8. The van der Waals surface area contributed by atoms with Gasteiger partial charge in [-0.1, -0.05) is 32.6 Å². The van der Waals surface area contributed by atoms with Gasteiger partial charge in [0.05, 0.1) is 5.69 Å².